The van der Waals surface area contributed by atoms with E-state index in [2.05, 4.69) is 4.90 Å². The number of carbonyl (C=O) groups excluding carboxylic acids is 1. The van der Waals surface area contributed by atoms with Gasteiger partial charge in [0.1, 0.15) is 5.82 Å². The predicted molar refractivity (Wildman–Crippen MR) is 80.5 cm³/mol. The monoisotopic (exact) mass is 290 g/mol. The Bertz CT molecular complexity index is 484. The Labute approximate surface area is 125 Å². The van der Waals surface area contributed by atoms with Crippen molar-refractivity contribution in [3.63, 3.8) is 0 Å². The average Bonchev–Trinajstić information content (AvgIpc) is 3.29. The fraction of sp³-hybridized carbons (Fsp3) is 0.588. The van der Waals surface area contributed by atoms with Gasteiger partial charge in [-0.2, -0.15) is 0 Å². The fourth-order valence-corrected chi connectivity index (χ4v) is 2.96. The van der Waals surface area contributed by atoms with Gasteiger partial charge in [0.05, 0.1) is 6.42 Å². The summed E-state index contributed by atoms with van der Waals surface area (Å²) in [7, 11) is 0. The topological polar surface area (TPSA) is 23.6 Å². The van der Waals surface area contributed by atoms with E-state index in [0.717, 1.165) is 44.1 Å². The van der Waals surface area contributed by atoms with Crippen molar-refractivity contribution in [1.29, 1.82) is 0 Å². The molecule has 0 aromatic heterocycles. The maximum atomic E-state index is 12.9. The van der Waals surface area contributed by atoms with Gasteiger partial charge in [-0.05, 0) is 49.4 Å². The van der Waals surface area contributed by atoms with Crippen molar-refractivity contribution >= 4 is 5.91 Å². The van der Waals surface area contributed by atoms with Crippen molar-refractivity contribution in [2.24, 2.45) is 5.92 Å². The summed E-state index contributed by atoms with van der Waals surface area (Å²) < 4.78 is 12.9. The van der Waals surface area contributed by atoms with Crippen molar-refractivity contribution in [2.75, 3.05) is 32.7 Å². The maximum absolute atomic E-state index is 12.9. The molecule has 4 heteroatoms. The Hall–Kier alpha value is -1.42. The van der Waals surface area contributed by atoms with Gasteiger partial charge in [0.2, 0.25) is 5.91 Å². The van der Waals surface area contributed by atoms with Crippen molar-refractivity contribution in [3.8, 4) is 0 Å². The molecule has 2 aliphatic rings. The second-order valence-electron chi connectivity index (χ2n) is 6.28. The van der Waals surface area contributed by atoms with Crippen LogP contribution in [0.1, 0.15) is 24.8 Å². The van der Waals surface area contributed by atoms with Crippen LogP contribution < -0.4 is 0 Å². The van der Waals surface area contributed by atoms with Crippen LogP contribution in [0.4, 0.5) is 4.39 Å². The summed E-state index contributed by atoms with van der Waals surface area (Å²) in [5.74, 6) is 0.818. The van der Waals surface area contributed by atoms with Crippen LogP contribution in [0, 0.1) is 11.7 Å². The first kappa shape index (κ1) is 14.5. The second-order valence-corrected chi connectivity index (χ2v) is 6.28. The predicted octanol–water partition coefficient (Wildman–Crippen LogP) is 2.31. The van der Waals surface area contributed by atoms with E-state index in [4.69, 9.17) is 0 Å². The zero-order valence-electron chi connectivity index (χ0n) is 12.4. The van der Waals surface area contributed by atoms with E-state index in [9.17, 15) is 9.18 Å². The quantitative estimate of drug-likeness (QED) is 0.849. The van der Waals surface area contributed by atoms with Crippen molar-refractivity contribution in [1.82, 2.24) is 9.80 Å². The van der Waals surface area contributed by atoms with Crippen LogP contribution in [0.15, 0.2) is 24.3 Å². The van der Waals surface area contributed by atoms with E-state index in [-0.39, 0.29) is 11.7 Å². The molecule has 0 N–H and O–H groups in total. The molecule has 1 saturated heterocycles. The number of hydrogen-bond acceptors (Lipinski definition) is 2. The van der Waals surface area contributed by atoms with Gasteiger partial charge in [-0.15, -0.1) is 0 Å². The van der Waals surface area contributed by atoms with E-state index in [1.165, 1.54) is 31.5 Å². The molecule has 1 amide bonds. The minimum atomic E-state index is -0.253. The third kappa shape index (κ3) is 4.27. The first-order chi connectivity index (χ1) is 10.2. The van der Waals surface area contributed by atoms with Gasteiger partial charge in [0.25, 0.3) is 0 Å². The summed E-state index contributed by atoms with van der Waals surface area (Å²) in [4.78, 5) is 16.8. The molecule has 3 rings (SSSR count). The van der Waals surface area contributed by atoms with Gasteiger partial charge >= 0.3 is 0 Å². The zero-order chi connectivity index (χ0) is 14.7. The van der Waals surface area contributed by atoms with E-state index in [1.807, 2.05) is 4.90 Å². The summed E-state index contributed by atoms with van der Waals surface area (Å²) >= 11 is 0. The van der Waals surface area contributed by atoms with E-state index in [0.29, 0.717) is 6.42 Å². The van der Waals surface area contributed by atoms with Crippen LogP contribution in [0.5, 0.6) is 0 Å². The Balaban J connectivity index is 1.50. The first-order valence-corrected chi connectivity index (χ1v) is 7.95. The number of carbonyl (C=O) groups is 1. The van der Waals surface area contributed by atoms with Crippen LogP contribution in [-0.4, -0.2) is 48.4 Å². The van der Waals surface area contributed by atoms with Crippen LogP contribution in [0.25, 0.3) is 0 Å². The van der Waals surface area contributed by atoms with Crippen molar-refractivity contribution in [2.45, 2.75) is 25.7 Å². The fourth-order valence-electron chi connectivity index (χ4n) is 2.96. The molecule has 1 aromatic rings. The Kier molecular flexibility index (Phi) is 4.54. The molecule has 1 heterocycles. The van der Waals surface area contributed by atoms with Crippen LogP contribution in [0.2, 0.25) is 0 Å². The SMILES string of the molecule is O=C(Cc1ccc(F)cc1)N1CCCN(CC2CC2)CC1. The Morgan fingerprint density at radius 3 is 2.57 bits per heavy atom. The molecule has 114 valence electrons. The second kappa shape index (κ2) is 6.56. The molecule has 0 spiro atoms. The number of benzene rings is 1. The standard InChI is InChI=1S/C17H23FN2O/c18-16-6-4-14(5-7-16)12-17(21)20-9-1-8-19(10-11-20)13-15-2-3-15/h4-7,15H,1-3,8-13H2. The minimum Gasteiger partial charge on any atom is -0.341 e. The molecular formula is C17H23FN2O. The molecule has 1 aromatic carbocycles. The van der Waals surface area contributed by atoms with Crippen LogP contribution >= 0.6 is 0 Å². The van der Waals surface area contributed by atoms with E-state index < -0.39 is 0 Å². The zero-order valence-corrected chi connectivity index (χ0v) is 12.4. The van der Waals surface area contributed by atoms with Gasteiger partial charge < -0.3 is 9.80 Å². The molecule has 1 aliphatic heterocycles. The Morgan fingerprint density at radius 2 is 1.86 bits per heavy atom. The maximum Gasteiger partial charge on any atom is 0.227 e. The van der Waals surface area contributed by atoms with Gasteiger partial charge in [0, 0.05) is 26.2 Å². The van der Waals surface area contributed by atoms with Crippen molar-refractivity contribution < 1.29 is 9.18 Å². The number of nitrogens with zero attached hydrogens (tertiary/aromatic N) is 2. The third-order valence-electron chi connectivity index (χ3n) is 4.42. The number of rotatable bonds is 4. The molecule has 2 fully saturated rings. The molecule has 0 atom stereocenters. The summed E-state index contributed by atoms with van der Waals surface area (Å²) in [5, 5.41) is 0. The molecule has 1 saturated carbocycles. The van der Waals surface area contributed by atoms with Crippen LogP contribution in [0.3, 0.4) is 0 Å². The summed E-state index contributed by atoms with van der Waals surface area (Å²) in [6, 6.07) is 6.24. The summed E-state index contributed by atoms with van der Waals surface area (Å²) in [5.41, 5.74) is 0.889. The number of hydrogen-bond donors (Lipinski definition) is 0. The van der Waals surface area contributed by atoms with Gasteiger partial charge in [0.15, 0.2) is 0 Å². The lowest BCUT2D eigenvalue weighted by Gasteiger charge is -2.22. The molecule has 21 heavy (non-hydrogen) atoms. The molecule has 1 aliphatic carbocycles. The van der Waals surface area contributed by atoms with E-state index >= 15 is 0 Å². The first-order valence-electron chi connectivity index (χ1n) is 7.95. The lowest BCUT2D eigenvalue weighted by Crippen LogP contribution is -2.36. The number of amides is 1. The lowest BCUT2D eigenvalue weighted by atomic mass is 10.1. The average molecular weight is 290 g/mol. The van der Waals surface area contributed by atoms with Gasteiger partial charge in [-0.3, -0.25) is 4.79 Å². The lowest BCUT2D eigenvalue weighted by molar-refractivity contribution is -0.130. The van der Waals surface area contributed by atoms with Crippen molar-refractivity contribution in [3.05, 3.63) is 35.6 Å². The van der Waals surface area contributed by atoms with Crippen LogP contribution in [-0.2, 0) is 11.2 Å². The smallest absolute Gasteiger partial charge is 0.227 e. The highest BCUT2D eigenvalue weighted by atomic mass is 19.1. The normalized spacial score (nSPS) is 20.3. The van der Waals surface area contributed by atoms with E-state index in [1.54, 1.807) is 12.1 Å². The molecule has 0 unspecified atom stereocenters. The van der Waals surface area contributed by atoms with Gasteiger partial charge in [-0.25, -0.2) is 4.39 Å². The minimum absolute atomic E-state index is 0.162. The third-order valence-corrected chi connectivity index (χ3v) is 4.42. The summed E-state index contributed by atoms with van der Waals surface area (Å²) in [6.45, 7) is 4.98. The largest absolute Gasteiger partial charge is 0.341 e. The molecule has 0 bridgehead atoms. The molecule has 0 radical (unpaired) electrons. The Morgan fingerprint density at radius 1 is 1.10 bits per heavy atom. The highest BCUT2D eigenvalue weighted by Gasteiger charge is 2.26. The molecular weight excluding hydrogens is 267 g/mol. The van der Waals surface area contributed by atoms with Gasteiger partial charge in [-0.1, -0.05) is 12.1 Å². The highest BCUT2D eigenvalue weighted by molar-refractivity contribution is 5.78. The summed E-state index contributed by atoms with van der Waals surface area (Å²) in [6.07, 6.45) is 4.19. The number of halogens is 1. The highest BCUT2D eigenvalue weighted by Crippen LogP contribution is 2.29. The molecule has 3 nitrogen and oxygen atoms in total.